The van der Waals surface area contributed by atoms with E-state index in [9.17, 15) is 5.11 Å². The maximum Gasteiger partial charge on any atom is 0.191 e. The molecule has 1 saturated carbocycles. The smallest absolute Gasteiger partial charge is 0.191 e. The minimum Gasteiger partial charge on any atom is -0.389 e. The summed E-state index contributed by atoms with van der Waals surface area (Å²) in [6.07, 6.45) is 8.47. The summed E-state index contributed by atoms with van der Waals surface area (Å²) in [5.41, 5.74) is 0. The van der Waals surface area contributed by atoms with E-state index in [1.54, 1.807) is 0 Å². The first kappa shape index (κ1) is 15.3. The normalized spacial score (nSPS) is 21.2. The first-order valence-electron chi connectivity index (χ1n) is 7.73. The van der Waals surface area contributed by atoms with E-state index in [2.05, 4.69) is 27.8 Å². The topological polar surface area (TPSA) is 65.9 Å². The van der Waals surface area contributed by atoms with Crippen molar-refractivity contribution in [2.75, 3.05) is 26.3 Å². The minimum atomic E-state index is -0.522. The highest BCUT2D eigenvalue weighted by Crippen LogP contribution is 2.28. The fourth-order valence-corrected chi connectivity index (χ4v) is 2.15. The van der Waals surface area contributed by atoms with Crippen molar-refractivity contribution in [2.24, 2.45) is 10.9 Å². The van der Waals surface area contributed by atoms with Crippen LogP contribution >= 0.6 is 0 Å². The van der Waals surface area contributed by atoms with Crippen molar-refractivity contribution in [2.45, 2.75) is 44.8 Å². The Kier molecular flexibility index (Phi) is 6.33. The van der Waals surface area contributed by atoms with E-state index in [4.69, 9.17) is 4.74 Å². The van der Waals surface area contributed by atoms with Gasteiger partial charge in [-0.2, -0.15) is 0 Å². The second kappa shape index (κ2) is 8.27. The zero-order chi connectivity index (χ0) is 14.2. The average molecular weight is 281 g/mol. The van der Waals surface area contributed by atoms with E-state index in [1.807, 2.05) is 6.92 Å². The Morgan fingerprint density at radius 1 is 1.40 bits per heavy atom. The molecule has 5 nitrogen and oxygen atoms in total. The Balaban J connectivity index is 1.66. The molecule has 1 unspecified atom stereocenters. The van der Waals surface area contributed by atoms with Crippen LogP contribution in [0.25, 0.3) is 0 Å². The van der Waals surface area contributed by atoms with Gasteiger partial charge in [-0.15, -0.1) is 0 Å². The predicted molar refractivity (Wildman–Crippen MR) is 80.8 cm³/mol. The zero-order valence-corrected chi connectivity index (χ0v) is 12.3. The molecule has 0 heterocycles. The number of aliphatic hydroxyl groups excluding tert-OH is 1. The van der Waals surface area contributed by atoms with Gasteiger partial charge in [-0.05, 0) is 38.5 Å². The molecule has 5 heteroatoms. The van der Waals surface area contributed by atoms with Crippen molar-refractivity contribution in [3.05, 3.63) is 12.2 Å². The van der Waals surface area contributed by atoms with Gasteiger partial charge >= 0.3 is 0 Å². The van der Waals surface area contributed by atoms with Gasteiger partial charge in [-0.25, -0.2) is 0 Å². The molecule has 0 radical (unpaired) electrons. The van der Waals surface area contributed by atoms with Gasteiger partial charge in [0.2, 0.25) is 0 Å². The summed E-state index contributed by atoms with van der Waals surface area (Å²) in [6.45, 7) is 4.40. The quantitative estimate of drug-likeness (QED) is 0.353. The molecule has 2 aliphatic rings. The van der Waals surface area contributed by atoms with Crippen LogP contribution in [0, 0.1) is 5.92 Å². The molecule has 1 fully saturated rings. The van der Waals surface area contributed by atoms with E-state index in [0.29, 0.717) is 19.2 Å². The maximum absolute atomic E-state index is 9.86. The summed E-state index contributed by atoms with van der Waals surface area (Å²) in [4.78, 5) is 4.43. The first-order chi connectivity index (χ1) is 9.78. The van der Waals surface area contributed by atoms with Crippen molar-refractivity contribution >= 4 is 5.96 Å². The second-order valence-corrected chi connectivity index (χ2v) is 5.64. The van der Waals surface area contributed by atoms with Crippen LogP contribution < -0.4 is 10.6 Å². The number of aliphatic hydroxyl groups is 1. The van der Waals surface area contributed by atoms with Crippen molar-refractivity contribution < 1.29 is 9.84 Å². The molecule has 0 spiro atoms. The first-order valence-corrected chi connectivity index (χ1v) is 7.73. The fourth-order valence-electron chi connectivity index (χ4n) is 2.15. The Morgan fingerprint density at radius 3 is 2.80 bits per heavy atom. The number of hydrogen-bond donors (Lipinski definition) is 3. The van der Waals surface area contributed by atoms with E-state index in [0.717, 1.165) is 37.9 Å². The van der Waals surface area contributed by atoms with Gasteiger partial charge in [0, 0.05) is 19.2 Å². The van der Waals surface area contributed by atoms with Gasteiger partial charge in [0.15, 0.2) is 5.96 Å². The maximum atomic E-state index is 9.86. The van der Waals surface area contributed by atoms with Gasteiger partial charge in [0.25, 0.3) is 0 Å². The monoisotopic (exact) mass is 281 g/mol. The summed E-state index contributed by atoms with van der Waals surface area (Å²) in [6, 6.07) is 0.427. The van der Waals surface area contributed by atoms with E-state index in [-0.39, 0.29) is 0 Å². The van der Waals surface area contributed by atoms with Crippen LogP contribution in [0.5, 0.6) is 0 Å². The van der Waals surface area contributed by atoms with Crippen LogP contribution in [0.4, 0.5) is 0 Å². The number of ether oxygens (including phenoxy) is 1. The third kappa shape index (κ3) is 5.92. The second-order valence-electron chi connectivity index (χ2n) is 5.64. The van der Waals surface area contributed by atoms with Gasteiger partial charge < -0.3 is 20.5 Å². The van der Waals surface area contributed by atoms with Crippen molar-refractivity contribution in [1.82, 2.24) is 10.6 Å². The molecule has 114 valence electrons. The number of rotatable bonds is 8. The van der Waals surface area contributed by atoms with E-state index >= 15 is 0 Å². The zero-order valence-electron chi connectivity index (χ0n) is 12.3. The van der Waals surface area contributed by atoms with Crippen molar-refractivity contribution in [3.63, 3.8) is 0 Å². The standard InChI is InChI=1S/C15H27N3O2/c1-2-16-15(18-13-5-3-4-6-13)17-9-14(19)11-20-10-12-7-8-12/h3-4,12-14,19H,2,5-11H2,1H3,(H2,16,17,18). The molecule has 0 aromatic rings. The largest absolute Gasteiger partial charge is 0.389 e. The van der Waals surface area contributed by atoms with E-state index < -0.39 is 6.10 Å². The summed E-state index contributed by atoms with van der Waals surface area (Å²) in [5.74, 6) is 1.52. The molecule has 20 heavy (non-hydrogen) atoms. The fraction of sp³-hybridized carbons (Fsp3) is 0.800. The number of hydrogen-bond acceptors (Lipinski definition) is 3. The Hall–Kier alpha value is -1.07. The highest BCUT2D eigenvalue weighted by Gasteiger charge is 2.21. The molecule has 1 atom stereocenters. The lowest BCUT2D eigenvalue weighted by molar-refractivity contribution is 0.0368. The minimum absolute atomic E-state index is 0.375. The molecule has 2 aliphatic carbocycles. The summed E-state index contributed by atoms with van der Waals surface area (Å²) >= 11 is 0. The highest BCUT2D eigenvalue weighted by molar-refractivity contribution is 5.80. The molecule has 2 rings (SSSR count). The lowest BCUT2D eigenvalue weighted by atomic mass is 10.2. The van der Waals surface area contributed by atoms with Crippen molar-refractivity contribution in [3.8, 4) is 0 Å². The van der Waals surface area contributed by atoms with Gasteiger partial charge in [0.05, 0.1) is 19.3 Å². The van der Waals surface area contributed by atoms with Crippen LogP contribution in [0.2, 0.25) is 0 Å². The average Bonchev–Trinajstić information content (AvgIpc) is 3.11. The van der Waals surface area contributed by atoms with Crippen molar-refractivity contribution in [1.29, 1.82) is 0 Å². The van der Waals surface area contributed by atoms with Crippen LogP contribution in [-0.4, -0.2) is 49.5 Å². The third-order valence-electron chi connectivity index (χ3n) is 3.51. The number of aliphatic imine (C=N–C) groups is 1. The van der Waals surface area contributed by atoms with Gasteiger partial charge in [-0.1, -0.05) is 12.2 Å². The third-order valence-corrected chi connectivity index (χ3v) is 3.51. The van der Waals surface area contributed by atoms with Crippen LogP contribution in [-0.2, 0) is 4.74 Å². The molecule has 0 aromatic carbocycles. The summed E-state index contributed by atoms with van der Waals surface area (Å²) in [7, 11) is 0. The SMILES string of the molecule is CCNC(=NCC(O)COCC1CC1)NC1CC=CC1. The Labute approximate surface area is 121 Å². The van der Waals surface area contributed by atoms with Crippen LogP contribution in [0.1, 0.15) is 32.6 Å². The molecule has 0 saturated heterocycles. The molecule has 0 aromatic heterocycles. The molecule has 0 bridgehead atoms. The van der Waals surface area contributed by atoms with Crippen LogP contribution in [0.15, 0.2) is 17.1 Å². The number of nitrogens with zero attached hydrogens (tertiary/aromatic N) is 1. The number of nitrogens with one attached hydrogen (secondary N) is 2. The lowest BCUT2D eigenvalue weighted by Gasteiger charge is -2.17. The van der Waals surface area contributed by atoms with Crippen LogP contribution in [0.3, 0.4) is 0 Å². The molecule has 0 amide bonds. The van der Waals surface area contributed by atoms with E-state index in [1.165, 1.54) is 12.8 Å². The Bertz CT molecular complexity index is 332. The molecular formula is C15H27N3O2. The van der Waals surface area contributed by atoms with Gasteiger partial charge in [0.1, 0.15) is 0 Å². The molecule has 0 aliphatic heterocycles. The summed E-state index contributed by atoms with van der Waals surface area (Å²) in [5, 5.41) is 16.4. The predicted octanol–water partition coefficient (Wildman–Crippen LogP) is 1.05. The lowest BCUT2D eigenvalue weighted by Crippen LogP contribution is -2.43. The highest BCUT2D eigenvalue weighted by atomic mass is 16.5. The Morgan fingerprint density at radius 2 is 2.15 bits per heavy atom. The van der Waals surface area contributed by atoms with Gasteiger partial charge in [-0.3, -0.25) is 4.99 Å². The number of guanidine groups is 1. The molecule has 3 N–H and O–H groups in total. The summed E-state index contributed by atoms with van der Waals surface area (Å²) < 4.78 is 5.47. The molecular weight excluding hydrogens is 254 g/mol.